The normalized spacial score (nSPS) is 10.7. The molecule has 54 heavy (non-hydrogen) atoms. The third-order valence-electron chi connectivity index (χ3n) is 8.65. The number of aromatic nitrogens is 6. The first-order valence-electron chi connectivity index (χ1n) is 17.3. The molecular weight excluding hydrogens is 713 g/mol. The van der Waals surface area contributed by atoms with E-state index in [1.165, 1.54) is 11.1 Å². The van der Waals surface area contributed by atoms with E-state index >= 15 is 0 Å². The highest BCUT2D eigenvalue weighted by Gasteiger charge is 2.14. The molecule has 4 heterocycles. The molecule has 0 fully saturated rings. The zero-order valence-corrected chi connectivity index (χ0v) is 32.1. The van der Waals surface area contributed by atoms with Crippen molar-refractivity contribution < 1.29 is 9.47 Å². The van der Waals surface area contributed by atoms with Crippen LogP contribution in [0.25, 0.3) is 22.5 Å². The van der Waals surface area contributed by atoms with Gasteiger partial charge in [-0.25, -0.2) is 9.97 Å². The van der Waals surface area contributed by atoms with Crippen LogP contribution in [0.5, 0.6) is 11.5 Å². The van der Waals surface area contributed by atoms with Crippen LogP contribution in [0.4, 0.5) is 21.6 Å². The minimum absolute atomic E-state index is 0.712. The summed E-state index contributed by atoms with van der Waals surface area (Å²) in [4.78, 5) is 9.43. The first-order chi connectivity index (χ1) is 26.4. The van der Waals surface area contributed by atoms with E-state index in [0.717, 1.165) is 73.6 Å². The number of hydrogen-bond donors (Lipinski definition) is 2. The minimum Gasteiger partial charge on any atom is -0.497 e. The quantitative estimate of drug-likeness (QED) is 0.127. The fourth-order valence-corrected chi connectivity index (χ4v) is 7.19. The van der Waals surface area contributed by atoms with Gasteiger partial charge in [0, 0.05) is 45.2 Å². The maximum absolute atomic E-state index is 5.21. The number of aryl methyl sites for hydroxylation is 1. The smallest absolute Gasteiger partial charge is 0.187 e. The molecule has 0 aliphatic rings. The van der Waals surface area contributed by atoms with Crippen molar-refractivity contribution in [3.05, 3.63) is 155 Å². The molecule has 10 nitrogen and oxygen atoms in total. The molecule has 0 unspecified atom stereocenters. The van der Waals surface area contributed by atoms with E-state index in [1.807, 2.05) is 107 Å². The lowest BCUT2D eigenvalue weighted by Crippen LogP contribution is -2.03. The topological polar surface area (TPSA) is 104 Å². The van der Waals surface area contributed by atoms with Gasteiger partial charge in [-0.1, -0.05) is 60.7 Å². The molecule has 0 atom stereocenters. The molecule has 4 aromatic heterocycles. The lowest BCUT2D eigenvalue weighted by molar-refractivity contribution is 0.414. The highest BCUT2D eigenvalue weighted by Crippen LogP contribution is 2.31. The number of para-hydroxylation sites is 2. The Morgan fingerprint density at radius 1 is 0.611 bits per heavy atom. The van der Waals surface area contributed by atoms with E-state index in [9.17, 15) is 0 Å². The van der Waals surface area contributed by atoms with Crippen LogP contribution in [0, 0.1) is 13.8 Å². The van der Waals surface area contributed by atoms with E-state index in [1.54, 1.807) is 36.9 Å². The van der Waals surface area contributed by atoms with Crippen molar-refractivity contribution in [3.63, 3.8) is 0 Å². The number of nitrogens with zero attached hydrogens (tertiary/aromatic N) is 6. The summed E-state index contributed by atoms with van der Waals surface area (Å²) >= 11 is 3.18. The van der Waals surface area contributed by atoms with Gasteiger partial charge in [0.15, 0.2) is 10.3 Å². The molecule has 8 aromatic rings. The molecule has 12 heteroatoms. The molecule has 0 saturated heterocycles. The fraction of sp³-hybridized carbons (Fsp3) is 0.143. The first-order valence-corrected chi connectivity index (χ1v) is 19.1. The molecule has 0 aliphatic carbocycles. The lowest BCUT2D eigenvalue weighted by atomic mass is 10.2. The van der Waals surface area contributed by atoms with Crippen LogP contribution in [0.3, 0.4) is 0 Å². The molecule has 0 spiro atoms. The van der Waals surface area contributed by atoms with Crippen molar-refractivity contribution in [1.29, 1.82) is 0 Å². The summed E-state index contributed by atoms with van der Waals surface area (Å²) in [5.74, 6) is 1.72. The molecule has 4 aromatic carbocycles. The fourth-order valence-electron chi connectivity index (χ4n) is 5.73. The summed E-state index contributed by atoms with van der Waals surface area (Å²) in [7, 11) is 3.35. The van der Waals surface area contributed by atoms with Crippen molar-refractivity contribution in [1.82, 2.24) is 29.5 Å². The Morgan fingerprint density at radius 2 is 1.11 bits per heavy atom. The summed E-state index contributed by atoms with van der Waals surface area (Å²) in [6, 6.07) is 36.2. The van der Waals surface area contributed by atoms with Gasteiger partial charge in [0.2, 0.25) is 0 Å². The molecule has 272 valence electrons. The minimum atomic E-state index is 0.712. The van der Waals surface area contributed by atoms with Gasteiger partial charge in [0.05, 0.1) is 50.6 Å². The standard InChI is InChI=1S/2C21H20N4OS/c1-15-19(12-22-25(15)13-16-8-10-18(26-2)11-9-16)20-14-27-21(24-20)23-17-6-4-3-5-7-17;1-15-19(13-25(24-15)12-16-8-10-18(26-2)11-9-16)20-14-27-21(23-20)22-17-6-4-3-5-7-17/h3-12,14H,13H2,1-2H3,(H,23,24);3-11,13-14H,12H2,1-2H3,(H,22,23). The van der Waals surface area contributed by atoms with Crippen molar-refractivity contribution >= 4 is 44.3 Å². The number of methoxy groups -OCH3 is 2. The predicted molar refractivity (Wildman–Crippen MR) is 220 cm³/mol. The van der Waals surface area contributed by atoms with Gasteiger partial charge in [-0.05, 0) is 73.5 Å². The molecule has 0 bridgehead atoms. The van der Waals surface area contributed by atoms with Gasteiger partial charge >= 0.3 is 0 Å². The number of benzene rings is 4. The number of ether oxygens (including phenoxy) is 2. The maximum atomic E-state index is 5.21. The highest BCUT2D eigenvalue weighted by atomic mass is 32.1. The largest absolute Gasteiger partial charge is 0.497 e. The Morgan fingerprint density at radius 3 is 1.63 bits per heavy atom. The molecule has 0 radical (unpaired) electrons. The summed E-state index contributed by atoms with van der Waals surface area (Å²) in [6.45, 7) is 5.53. The molecular formula is C42H40N8O2S2. The SMILES string of the molecule is COc1ccc(Cn2cc(-c3csc(Nc4ccccc4)n3)c(C)n2)cc1.COc1ccc(Cn2ncc(-c3csc(Nc4ccccc4)n3)c2C)cc1. The van der Waals surface area contributed by atoms with Crippen molar-refractivity contribution in [3.8, 4) is 34.0 Å². The molecule has 2 N–H and O–H groups in total. The Kier molecular flexibility index (Phi) is 11.4. The van der Waals surface area contributed by atoms with E-state index in [2.05, 4.69) is 69.0 Å². The van der Waals surface area contributed by atoms with Gasteiger partial charge in [0.25, 0.3) is 0 Å². The van der Waals surface area contributed by atoms with Crippen LogP contribution in [0.1, 0.15) is 22.5 Å². The summed E-state index contributed by atoms with van der Waals surface area (Å²) in [5, 5.41) is 21.8. The third-order valence-corrected chi connectivity index (χ3v) is 10.2. The van der Waals surface area contributed by atoms with Crippen molar-refractivity contribution in [2.75, 3.05) is 24.9 Å². The number of anilines is 4. The van der Waals surface area contributed by atoms with E-state index in [4.69, 9.17) is 19.4 Å². The van der Waals surface area contributed by atoms with Crippen LogP contribution in [0.15, 0.2) is 132 Å². The number of nitrogens with one attached hydrogen (secondary N) is 2. The lowest BCUT2D eigenvalue weighted by Gasteiger charge is -2.06. The average molecular weight is 753 g/mol. The van der Waals surface area contributed by atoms with Gasteiger partial charge in [0.1, 0.15) is 11.5 Å². The van der Waals surface area contributed by atoms with Gasteiger partial charge in [-0.2, -0.15) is 10.2 Å². The molecule has 0 saturated carbocycles. The zero-order chi connectivity index (χ0) is 37.3. The third kappa shape index (κ3) is 9.03. The average Bonchev–Trinajstić information content (AvgIpc) is 4.02. The second-order valence-corrected chi connectivity index (χ2v) is 14.1. The van der Waals surface area contributed by atoms with Crippen molar-refractivity contribution in [2.45, 2.75) is 26.9 Å². The summed E-state index contributed by atoms with van der Waals surface area (Å²) < 4.78 is 14.4. The van der Waals surface area contributed by atoms with Crippen LogP contribution in [-0.4, -0.2) is 43.7 Å². The second-order valence-electron chi connectivity index (χ2n) is 12.4. The monoisotopic (exact) mass is 752 g/mol. The predicted octanol–water partition coefficient (Wildman–Crippen LogP) is 10.2. The Balaban J connectivity index is 0.000000167. The van der Waals surface area contributed by atoms with E-state index < -0.39 is 0 Å². The summed E-state index contributed by atoms with van der Waals surface area (Å²) in [6.07, 6.45) is 3.95. The van der Waals surface area contributed by atoms with E-state index in [-0.39, 0.29) is 0 Å². The molecule has 0 amide bonds. The van der Waals surface area contributed by atoms with Gasteiger partial charge in [-0.3, -0.25) is 9.36 Å². The summed E-state index contributed by atoms with van der Waals surface area (Å²) in [5.41, 5.74) is 10.5. The van der Waals surface area contributed by atoms with Crippen molar-refractivity contribution in [2.24, 2.45) is 0 Å². The Bertz CT molecular complexity index is 2310. The Hall–Kier alpha value is -6.24. The molecule has 0 aliphatic heterocycles. The number of hydrogen-bond acceptors (Lipinski definition) is 10. The Labute approximate surface area is 322 Å². The van der Waals surface area contributed by atoms with Crippen LogP contribution in [-0.2, 0) is 13.1 Å². The number of rotatable bonds is 12. The van der Waals surface area contributed by atoms with E-state index in [0.29, 0.717) is 6.54 Å². The molecule has 8 rings (SSSR count). The second kappa shape index (κ2) is 17.1. The highest BCUT2D eigenvalue weighted by molar-refractivity contribution is 7.14. The maximum Gasteiger partial charge on any atom is 0.187 e. The zero-order valence-electron chi connectivity index (χ0n) is 30.4. The van der Waals surface area contributed by atoms with Crippen LogP contribution in [0.2, 0.25) is 0 Å². The van der Waals surface area contributed by atoms with Crippen LogP contribution >= 0.6 is 22.7 Å². The number of thiazole rings is 2. The van der Waals surface area contributed by atoms with Gasteiger partial charge < -0.3 is 20.1 Å². The van der Waals surface area contributed by atoms with Crippen LogP contribution < -0.4 is 20.1 Å². The first kappa shape index (κ1) is 36.1. The van der Waals surface area contributed by atoms with Gasteiger partial charge in [-0.15, -0.1) is 22.7 Å².